The standard InChI is InChI=1S/C19H18ClN3O3/c1-12-5-3-4-6-16(12)25-13(2)19(24)21-11-17-22-18(23-26-17)14-7-9-15(20)10-8-14/h3-10,13H,11H2,1-2H3,(H,21,24)/t13-/m0/s1. The number of hydrogen-bond donors (Lipinski definition) is 1. The van der Waals surface area contributed by atoms with Gasteiger partial charge in [0.25, 0.3) is 5.91 Å². The number of ether oxygens (including phenoxy) is 1. The Morgan fingerprint density at radius 3 is 2.69 bits per heavy atom. The van der Waals surface area contributed by atoms with Crippen molar-refractivity contribution in [3.8, 4) is 17.1 Å². The predicted molar refractivity (Wildman–Crippen MR) is 97.9 cm³/mol. The van der Waals surface area contributed by atoms with E-state index >= 15 is 0 Å². The molecule has 134 valence electrons. The lowest BCUT2D eigenvalue weighted by molar-refractivity contribution is -0.127. The number of rotatable bonds is 6. The topological polar surface area (TPSA) is 77.2 Å². The minimum absolute atomic E-state index is 0.126. The van der Waals surface area contributed by atoms with Crippen LogP contribution in [0.5, 0.6) is 5.75 Å². The molecule has 0 spiro atoms. The second-order valence-electron chi connectivity index (χ2n) is 5.76. The third kappa shape index (κ3) is 4.40. The Hall–Kier alpha value is -2.86. The normalized spacial score (nSPS) is 11.8. The van der Waals surface area contributed by atoms with E-state index in [0.29, 0.717) is 22.5 Å². The summed E-state index contributed by atoms with van der Waals surface area (Å²) in [5, 5.41) is 7.27. The van der Waals surface area contributed by atoms with Gasteiger partial charge >= 0.3 is 0 Å². The number of nitrogens with one attached hydrogen (secondary N) is 1. The maximum Gasteiger partial charge on any atom is 0.261 e. The number of hydrogen-bond acceptors (Lipinski definition) is 5. The Morgan fingerprint density at radius 1 is 1.23 bits per heavy atom. The Bertz CT molecular complexity index is 893. The number of aryl methyl sites for hydroxylation is 1. The number of carbonyl (C=O) groups excluding carboxylic acids is 1. The van der Waals surface area contributed by atoms with Crippen molar-refractivity contribution in [1.82, 2.24) is 15.5 Å². The molecule has 26 heavy (non-hydrogen) atoms. The minimum atomic E-state index is -0.644. The molecule has 6 nitrogen and oxygen atoms in total. The van der Waals surface area contributed by atoms with E-state index in [1.807, 2.05) is 31.2 Å². The highest BCUT2D eigenvalue weighted by Gasteiger charge is 2.17. The van der Waals surface area contributed by atoms with Crippen molar-refractivity contribution in [2.24, 2.45) is 0 Å². The molecule has 0 aliphatic heterocycles. The van der Waals surface area contributed by atoms with E-state index in [-0.39, 0.29) is 12.5 Å². The third-order valence-corrected chi connectivity index (χ3v) is 4.00. The van der Waals surface area contributed by atoms with Gasteiger partial charge in [0.15, 0.2) is 6.10 Å². The van der Waals surface area contributed by atoms with Gasteiger partial charge in [-0.3, -0.25) is 4.79 Å². The Balaban J connectivity index is 1.56. The molecule has 1 aromatic heterocycles. The van der Waals surface area contributed by atoms with Gasteiger partial charge in [0.05, 0.1) is 6.54 Å². The molecule has 1 atom stereocenters. The molecule has 1 heterocycles. The monoisotopic (exact) mass is 371 g/mol. The molecule has 0 aliphatic carbocycles. The van der Waals surface area contributed by atoms with Crippen molar-refractivity contribution in [3.63, 3.8) is 0 Å². The number of halogens is 1. The van der Waals surface area contributed by atoms with E-state index in [1.165, 1.54) is 0 Å². The first kappa shape index (κ1) is 17.9. The van der Waals surface area contributed by atoms with Crippen LogP contribution in [0.2, 0.25) is 5.02 Å². The molecule has 7 heteroatoms. The predicted octanol–water partition coefficient (Wildman–Crippen LogP) is 3.78. The average Bonchev–Trinajstić information content (AvgIpc) is 3.11. The van der Waals surface area contributed by atoms with Gasteiger partial charge in [-0.2, -0.15) is 4.98 Å². The fraction of sp³-hybridized carbons (Fsp3) is 0.211. The van der Waals surface area contributed by atoms with Crippen LogP contribution < -0.4 is 10.1 Å². The molecule has 0 saturated carbocycles. The minimum Gasteiger partial charge on any atom is -0.481 e. The first-order valence-electron chi connectivity index (χ1n) is 8.11. The quantitative estimate of drug-likeness (QED) is 0.713. The summed E-state index contributed by atoms with van der Waals surface area (Å²) in [7, 11) is 0. The zero-order valence-corrected chi connectivity index (χ0v) is 15.2. The average molecular weight is 372 g/mol. The summed E-state index contributed by atoms with van der Waals surface area (Å²) in [5.74, 6) is 1.17. The van der Waals surface area contributed by atoms with Crippen LogP contribution in [-0.4, -0.2) is 22.2 Å². The molecular weight excluding hydrogens is 354 g/mol. The second kappa shape index (κ2) is 8.01. The highest BCUT2D eigenvalue weighted by Crippen LogP contribution is 2.19. The molecule has 0 fully saturated rings. The second-order valence-corrected chi connectivity index (χ2v) is 6.20. The summed E-state index contributed by atoms with van der Waals surface area (Å²) in [6, 6.07) is 14.6. The summed E-state index contributed by atoms with van der Waals surface area (Å²) in [6.45, 7) is 3.74. The number of benzene rings is 2. The van der Waals surface area contributed by atoms with E-state index in [4.69, 9.17) is 20.9 Å². The van der Waals surface area contributed by atoms with E-state index in [9.17, 15) is 4.79 Å². The highest BCUT2D eigenvalue weighted by molar-refractivity contribution is 6.30. The van der Waals surface area contributed by atoms with Crippen LogP contribution in [0.3, 0.4) is 0 Å². The zero-order chi connectivity index (χ0) is 18.5. The molecule has 0 radical (unpaired) electrons. The third-order valence-electron chi connectivity index (χ3n) is 3.75. The van der Waals surface area contributed by atoms with Gasteiger partial charge in [0.2, 0.25) is 11.7 Å². The van der Waals surface area contributed by atoms with Crippen molar-refractivity contribution in [2.75, 3.05) is 0 Å². The maximum atomic E-state index is 12.2. The number of para-hydroxylation sites is 1. The molecule has 3 rings (SSSR count). The van der Waals surface area contributed by atoms with Gasteiger partial charge in [0.1, 0.15) is 5.75 Å². The van der Waals surface area contributed by atoms with Gasteiger partial charge in [-0.05, 0) is 49.7 Å². The van der Waals surface area contributed by atoms with Crippen LogP contribution in [0.25, 0.3) is 11.4 Å². The molecule has 1 amide bonds. The van der Waals surface area contributed by atoms with Crippen LogP contribution in [-0.2, 0) is 11.3 Å². The maximum absolute atomic E-state index is 12.2. The molecular formula is C19H18ClN3O3. The van der Waals surface area contributed by atoms with Gasteiger partial charge in [-0.25, -0.2) is 0 Å². The van der Waals surface area contributed by atoms with Gasteiger partial charge in [0, 0.05) is 10.6 Å². The summed E-state index contributed by atoms with van der Waals surface area (Å²) in [4.78, 5) is 16.5. The van der Waals surface area contributed by atoms with Crippen LogP contribution in [0, 0.1) is 6.92 Å². The summed E-state index contributed by atoms with van der Waals surface area (Å²) in [5.41, 5.74) is 1.75. The lowest BCUT2D eigenvalue weighted by atomic mass is 10.2. The van der Waals surface area contributed by atoms with E-state index in [1.54, 1.807) is 31.2 Å². The highest BCUT2D eigenvalue weighted by atomic mass is 35.5. The van der Waals surface area contributed by atoms with Crippen molar-refractivity contribution >= 4 is 17.5 Å². The number of carbonyl (C=O) groups is 1. The molecule has 0 unspecified atom stereocenters. The Labute approximate surface area is 156 Å². The smallest absolute Gasteiger partial charge is 0.261 e. The molecule has 3 aromatic rings. The van der Waals surface area contributed by atoms with Gasteiger partial charge < -0.3 is 14.6 Å². The molecule has 2 aromatic carbocycles. The largest absolute Gasteiger partial charge is 0.481 e. The number of amides is 1. The molecule has 1 N–H and O–H groups in total. The van der Waals surface area contributed by atoms with E-state index < -0.39 is 6.10 Å². The fourth-order valence-electron chi connectivity index (χ4n) is 2.28. The first-order valence-corrected chi connectivity index (χ1v) is 8.49. The summed E-state index contributed by atoms with van der Waals surface area (Å²) >= 11 is 5.86. The molecule has 0 bridgehead atoms. The van der Waals surface area contributed by atoms with Crippen molar-refractivity contribution in [3.05, 3.63) is 65.0 Å². The lowest BCUT2D eigenvalue weighted by Crippen LogP contribution is -2.36. The SMILES string of the molecule is Cc1ccccc1O[C@@H](C)C(=O)NCc1nc(-c2ccc(Cl)cc2)no1. The van der Waals surface area contributed by atoms with Gasteiger partial charge in [-0.1, -0.05) is 35.0 Å². The van der Waals surface area contributed by atoms with E-state index in [0.717, 1.165) is 11.1 Å². The first-order chi connectivity index (χ1) is 12.5. The number of nitrogens with zero attached hydrogens (tertiary/aromatic N) is 2. The Morgan fingerprint density at radius 2 is 1.96 bits per heavy atom. The van der Waals surface area contributed by atoms with Crippen LogP contribution in [0.4, 0.5) is 0 Å². The van der Waals surface area contributed by atoms with Gasteiger partial charge in [-0.15, -0.1) is 0 Å². The zero-order valence-electron chi connectivity index (χ0n) is 14.4. The fourth-order valence-corrected chi connectivity index (χ4v) is 2.41. The summed E-state index contributed by atoms with van der Waals surface area (Å²) < 4.78 is 10.9. The Kier molecular flexibility index (Phi) is 5.53. The summed E-state index contributed by atoms with van der Waals surface area (Å²) in [6.07, 6.45) is -0.644. The molecule has 0 aliphatic rings. The van der Waals surface area contributed by atoms with Crippen LogP contribution in [0.1, 0.15) is 18.4 Å². The van der Waals surface area contributed by atoms with Crippen molar-refractivity contribution in [2.45, 2.75) is 26.5 Å². The lowest BCUT2D eigenvalue weighted by Gasteiger charge is -2.15. The van der Waals surface area contributed by atoms with Crippen LogP contribution >= 0.6 is 11.6 Å². The van der Waals surface area contributed by atoms with Crippen molar-refractivity contribution < 1.29 is 14.1 Å². The number of aromatic nitrogens is 2. The van der Waals surface area contributed by atoms with E-state index in [2.05, 4.69) is 15.5 Å². The molecule has 0 saturated heterocycles. The van der Waals surface area contributed by atoms with Crippen LogP contribution in [0.15, 0.2) is 53.1 Å². The van der Waals surface area contributed by atoms with Crippen molar-refractivity contribution in [1.29, 1.82) is 0 Å².